The number of hydrogen-bond acceptors (Lipinski definition) is 3. The highest BCUT2D eigenvalue weighted by Gasteiger charge is 2.13. The van der Waals surface area contributed by atoms with Crippen LogP contribution in [-0.4, -0.2) is 42.4 Å². The van der Waals surface area contributed by atoms with Gasteiger partial charge in [0.25, 0.3) is 0 Å². The van der Waals surface area contributed by atoms with Gasteiger partial charge in [0.05, 0.1) is 6.54 Å². The summed E-state index contributed by atoms with van der Waals surface area (Å²) in [6.07, 6.45) is 0. The molecule has 1 aromatic heterocycles. The van der Waals surface area contributed by atoms with E-state index in [4.69, 9.17) is 0 Å². The number of rotatable bonds is 6. The van der Waals surface area contributed by atoms with E-state index in [2.05, 4.69) is 23.3 Å². The lowest BCUT2D eigenvalue weighted by molar-refractivity contribution is -0.131. The van der Waals surface area contributed by atoms with E-state index in [-0.39, 0.29) is 5.91 Å². The van der Waals surface area contributed by atoms with Crippen LogP contribution in [0.3, 0.4) is 0 Å². The van der Waals surface area contributed by atoms with Crippen molar-refractivity contribution < 1.29 is 4.79 Å². The SMILES string of the molecule is CCN(CC)C(=O)CN(C)Cc1sccc1C. The summed E-state index contributed by atoms with van der Waals surface area (Å²) in [4.78, 5) is 17.2. The molecule has 0 spiro atoms. The first-order valence-corrected chi connectivity index (χ1v) is 6.95. The maximum atomic E-state index is 11.9. The normalized spacial score (nSPS) is 10.9. The van der Waals surface area contributed by atoms with Crippen LogP contribution in [0.2, 0.25) is 0 Å². The Morgan fingerprint density at radius 2 is 2.00 bits per heavy atom. The zero-order chi connectivity index (χ0) is 12.8. The lowest BCUT2D eigenvalue weighted by Gasteiger charge is -2.22. The molecule has 1 rings (SSSR count). The molecule has 0 aromatic carbocycles. The van der Waals surface area contributed by atoms with Gasteiger partial charge in [0.2, 0.25) is 5.91 Å². The topological polar surface area (TPSA) is 23.6 Å². The van der Waals surface area contributed by atoms with E-state index >= 15 is 0 Å². The average molecular weight is 254 g/mol. The average Bonchev–Trinajstić information content (AvgIpc) is 2.66. The highest BCUT2D eigenvalue weighted by atomic mass is 32.1. The van der Waals surface area contributed by atoms with Crippen LogP contribution in [0.25, 0.3) is 0 Å². The van der Waals surface area contributed by atoms with E-state index in [1.807, 2.05) is 25.8 Å². The van der Waals surface area contributed by atoms with Gasteiger partial charge in [-0.1, -0.05) is 0 Å². The van der Waals surface area contributed by atoms with Gasteiger partial charge in [-0.05, 0) is 44.8 Å². The third kappa shape index (κ3) is 4.13. The molecule has 0 saturated carbocycles. The van der Waals surface area contributed by atoms with Gasteiger partial charge in [0.15, 0.2) is 0 Å². The van der Waals surface area contributed by atoms with Crippen molar-refractivity contribution in [3.63, 3.8) is 0 Å². The van der Waals surface area contributed by atoms with Gasteiger partial charge in [-0.2, -0.15) is 0 Å². The molecule has 4 heteroatoms. The summed E-state index contributed by atoms with van der Waals surface area (Å²) >= 11 is 1.76. The highest BCUT2D eigenvalue weighted by Crippen LogP contribution is 2.17. The molecular formula is C13H22N2OS. The Morgan fingerprint density at radius 3 is 2.47 bits per heavy atom. The van der Waals surface area contributed by atoms with Gasteiger partial charge in [0, 0.05) is 24.5 Å². The molecular weight excluding hydrogens is 232 g/mol. The van der Waals surface area contributed by atoms with E-state index in [1.165, 1.54) is 10.4 Å². The fraction of sp³-hybridized carbons (Fsp3) is 0.615. The summed E-state index contributed by atoms with van der Waals surface area (Å²) in [5, 5.41) is 2.10. The first-order chi connectivity index (χ1) is 8.08. The predicted molar refractivity (Wildman–Crippen MR) is 73.3 cm³/mol. The summed E-state index contributed by atoms with van der Waals surface area (Å²) in [6, 6.07) is 2.13. The lowest BCUT2D eigenvalue weighted by atomic mass is 10.3. The number of amides is 1. The van der Waals surface area contributed by atoms with Crippen LogP contribution < -0.4 is 0 Å². The minimum absolute atomic E-state index is 0.215. The lowest BCUT2D eigenvalue weighted by Crippen LogP contribution is -2.38. The highest BCUT2D eigenvalue weighted by molar-refractivity contribution is 7.10. The molecule has 0 N–H and O–H groups in total. The number of likely N-dealkylation sites (N-methyl/N-ethyl adjacent to an activating group) is 2. The van der Waals surface area contributed by atoms with Crippen molar-refractivity contribution in [1.82, 2.24) is 9.80 Å². The van der Waals surface area contributed by atoms with Gasteiger partial charge >= 0.3 is 0 Å². The number of hydrogen-bond donors (Lipinski definition) is 0. The first-order valence-electron chi connectivity index (χ1n) is 6.07. The van der Waals surface area contributed by atoms with Crippen molar-refractivity contribution in [2.75, 3.05) is 26.7 Å². The van der Waals surface area contributed by atoms with Crippen LogP contribution in [-0.2, 0) is 11.3 Å². The number of carbonyl (C=O) groups is 1. The Morgan fingerprint density at radius 1 is 1.35 bits per heavy atom. The number of nitrogens with zero attached hydrogens (tertiary/aromatic N) is 2. The Labute approximate surface area is 108 Å². The quantitative estimate of drug-likeness (QED) is 0.778. The fourth-order valence-corrected chi connectivity index (χ4v) is 2.76. The molecule has 0 saturated heterocycles. The van der Waals surface area contributed by atoms with Crippen LogP contribution in [0, 0.1) is 6.92 Å². The largest absolute Gasteiger partial charge is 0.342 e. The van der Waals surface area contributed by atoms with E-state index in [1.54, 1.807) is 11.3 Å². The molecule has 1 heterocycles. The molecule has 1 aromatic rings. The Balaban J connectivity index is 2.47. The van der Waals surface area contributed by atoms with Gasteiger partial charge in [0.1, 0.15) is 0 Å². The molecule has 0 fully saturated rings. The second-order valence-electron chi connectivity index (χ2n) is 4.27. The number of thiophene rings is 1. The van der Waals surface area contributed by atoms with Crippen molar-refractivity contribution in [3.05, 3.63) is 21.9 Å². The van der Waals surface area contributed by atoms with Crippen LogP contribution >= 0.6 is 11.3 Å². The molecule has 0 atom stereocenters. The van der Waals surface area contributed by atoms with Crippen molar-refractivity contribution in [2.24, 2.45) is 0 Å². The van der Waals surface area contributed by atoms with Crippen LogP contribution in [0.1, 0.15) is 24.3 Å². The molecule has 17 heavy (non-hydrogen) atoms. The van der Waals surface area contributed by atoms with Crippen LogP contribution in [0.4, 0.5) is 0 Å². The molecule has 96 valence electrons. The Kier molecular flexibility index (Phi) is 5.65. The monoisotopic (exact) mass is 254 g/mol. The van der Waals surface area contributed by atoms with Crippen molar-refractivity contribution in [1.29, 1.82) is 0 Å². The van der Waals surface area contributed by atoms with E-state index in [9.17, 15) is 4.79 Å². The smallest absolute Gasteiger partial charge is 0.236 e. The molecule has 3 nitrogen and oxygen atoms in total. The number of carbonyl (C=O) groups excluding carboxylic acids is 1. The fourth-order valence-electron chi connectivity index (χ4n) is 1.77. The standard InChI is InChI=1S/C13H22N2OS/c1-5-15(6-2)13(16)10-14(4)9-12-11(3)7-8-17-12/h7-8H,5-6,9-10H2,1-4H3. The van der Waals surface area contributed by atoms with E-state index in [0.29, 0.717) is 6.54 Å². The van der Waals surface area contributed by atoms with Crippen molar-refractivity contribution in [3.8, 4) is 0 Å². The summed E-state index contributed by atoms with van der Waals surface area (Å²) in [5.74, 6) is 0.215. The van der Waals surface area contributed by atoms with Gasteiger partial charge in [-0.25, -0.2) is 0 Å². The summed E-state index contributed by atoms with van der Waals surface area (Å²) in [5.41, 5.74) is 1.32. The molecule has 0 aliphatic rings. The first kappa shape index (κ1) is 14.2. The van der Waals surface area contributed by atoms with Crippen molar-refractivity contribution in [2.45, 2.75) is 27.3 Å². The summed E-state index contributed by atoms with van der Waals surface area (Å²) < 4.78 is 0. The molecule has 0 aliphatic carbocycles. The third-order valence-electron chi connectivity index (χ3n) is 2.90. The minimum atomic E-state index is 0.215. The number of aryl methyl sites for hydroxylation is 1. The Bertz CT molecular complexity index is 358. The second-order valence-corrected chi connectivity index (χ2v) is 5.27. The molecule has 0 radical (unpaired) electrons. The maximum Gasteiger partial charge on any atom is 0.236 e. The third-order valence-corrected chi connectivity index (χ3v) is 3.91. The van der Waals surface area contributed by atoms with Crippen molar-refractivity contribution >= 4 is 17.2 Å². The molecule has 0 aliphatic heterocycles. The second kappa shape index (κ2) is 6.77. The summed E-state index contributed by atoms with van der Waals surface area (Å²) in [6.45, 7) is 9.10. The molecule has 0 unspecified atom stereocenters. The molecule has 1 amide bonds. The van der Waals surface area contributed by atoms with Gasteiger partial charge < -0.3 is 4.90 Å². The summed E-state index contributed by atoms with van der Waals surface area (Å²) in [7, 11) is 2.00. The van der Waals surface area contributed by atoms with Gasteiger partial charge in [-0.3, -0.25) is 9.69 Å². The van der Waals surface area contributed by atoms with Crippen LogP contribution in [0.5, 0.6) is 0 Å². The van der Waals surface area contributed by atoms with E-state index in [0.717, 1.165) is 19.6 Å². The van der Waals surface area contributed by atoms with Gasteiger partial charge in [-0.15, -0.1) is 11.3 Å². The zero-order valence-corrected chi connectivity index (χ0v) is 12.0. The Hall–Kier alpha value is -0.870. The maximum absolute atomic E-state index is 11.9. The molecule has 0 bridgehead atoms. The van der Waals surface area contributed by atoms with E-state index < -0.39 is 0 Å². The predicted octanol–water partition coefficient (Wildman–Crippen LogP) is 2.36. The minimum Gasteiger partial charge on any atom is -0.342 e. The van der Waals surface area contributed by atoms with Crippen LogP contribution in [0.15, 0.2) is 11.4 Å². The zero-order valence-electron chi connectivity index (χ0n) is 11.2.